The van der Waals surface area contributed by atoms with Crippen molar-refractivity contribution in [2.24, 2.45) is 0 Å². The van der Waals surface area contributed by atoms with Crippen molar-refractivity contribution in [2.45, 2.75) is 33.5 Å². The number of aryl methyl sites for hydroxylation is 3. The number of carbonyl (C=O) groups excluding carboxylic acids is 1. The zero-order valence-electron chi connectivity index (χ0n) is 16.8. The minimum absolute atomic E-state index is 0.0792. The summed E-state index contributed by atoms with van der Waals surface area (Å²) in [4.78, 5) is 22.4. The average Bonchev–Trinajstić information content (AvgIpc) is 3.03. The number of carbonyl (C=O) groups is 1. The van der Waals surface area contributed by atoms with Crippen molar-refractivity contribution in [1.29, 1.82) is 0 Å². The van der Waals surface area contributed by atoms with E-state index in [4.69, 9.17) is 0 Å². The van der Waals surface area contributed by atoms with Crippen LogP contribution in [0.25, 0.3) is 11.0 Å². The number of fused-ring (bicyclic) bond motifs is 1. The van der Waals surface area contributed by atoms with Crippen LogP contribution in [0.4, 0.5) is 24.7 Å². The Morgan fingerprint density at radius 3 is 2.28 bits per heavy atom. The van der Waals surface area contributed by atoms with Gasteiger partial charge in [0.25, 0.3) is 0 Å². The fraction of sp³-hybridized carbons (Fsp3) is 0.350. The molecule has 0 saturated carbocycles. The second kappa shape index (κ2) is 7.38. The second-order valence-electron chi connectivity index (χ2n) is 7.26. The molecule has 1 amide bonds. The van der Waals surface area contributed by atoms with E-state index in [0.717, 1.165) is 23.2 Å². The molecule has 0 fully saturated rings. The van der Waals surface area contributed by atoms with E-state index >= 15 is 0 Å². The molecule has 0 spiro atoms. The highest BCUT2D eigenvalue weighted by molar-refractivity contribution is 5.91. The number of alkyl halides is 3. The highest BCUT2D eigenvalue weighted by Crippen LogP contribution is 2.35. The largest absolute Gasteiger partial charge is 0.416 e. The highest BCUT2D eigenvalue weighted by Gasteiger charge is 2.31. The first-order valence-electron chi connectivity index (χ1n) is 8.95. The fourth-order valence-corrected chi connectivity index (χ4v) is 3.19. The molecule has 3 aromatic rings. The number of aromatic nitrogens is 3. The molecule has 0 aliphatic rings. The van der Waals surface area contributed by atoms with Crippen molar-refractivity contribution < 1.29 is 18.0 Å². The van der Waals surface area contributed by atoms with Gasteiger partial charge in [-0.1, -0.05) is 0 Å². The van der Waals surface area contributed by atoms with Crippen molar-refractivity contribution >= 4 is 28.4 Å². The molecule has 1 aromatic carbocycles. The van der Waals surface area contributed by atoms with Crippen molar-refractivity contribution in [1.82, 2.24) is 19.4 Å². The van der Waals surface area contributed by atoms with Crippen LogP contribution in [0.15, 0.2) is 24.7 Å². The van der Waals surface area contributed by atoms with Crippen molar-refractivity contribution in [2.75, 3.05) is 19.4 Å². The van der Waals surface area contributed by atoms with Crippen LogP contribution < -0.4 is 5.32 Å². The summed E-state index contributed by atoms with van der Waals surface area (Å²) >= 11 is 0. The maximum Gasteiger partial charge on any atom is 0.416 e. The lowest BCUT2D eigenvalue weighted by Gasteiger charge is -2.16. The molecular weight excluding hydrogens is 383 g/mol. The molecule has 154 valence electrons. The summed E-state index contributed by atoms with van der Waals surface area (Å²) in [5, 5.41) is 3.13. The Balaban J connectivity index is 2.03. The van der Waals surface area contributed by atoms with Gasteiger partial charge in [-0.15, -0.1) is 0 Å². The van der Waals surface area contributed by atoms with Crippen LogP contribution in [0.5, 0.6) is 0 Å². The van der Waals surface area contributed by atoms with Gasteiger partial charge in [0.15, 0.2) is 5.82 Å². The number of nitrogens with one attached hydrogen (secondary N) is 1. The molecule has 6 nitrogen and oxygen atoms in total. The summed E-state index contributed by atoms with van der Waals surface area (Å²) in [5.41, 5.74) is 2.91. The van der Waals surface area contributed by atoms with E-state index in [1.807, 2.05) is 6.92 Å². The van der Waals surface area contributed by atoms with Gasteiger partial charge in [-0.2, -0.15) is 13.2 Å². The normalized spacial score (nSPS) is 11.7. The molecule has 0 aliphatic heterocycles. The monoisotopic (exact) mass is 405 g/mol. The van der Waals surface area contributed by atoms with E-state index in [0.29, 0.717) is 28.1 Å². The van der Waals surface area contributed by atoms with Crippen LogP contribution in [0.3, 0.4) is 0 Å². The fourth-order valence-electron chi connectivity index (χ4n) is 3.19. The first kappa shape index (κ1) is 20.6. The van der Waals surface area contributed by atoms with E-state index in [1.54, 1.807) is 45.0 Å². The molecule has 0 bridgehead atoms. The van der Waals surface area contributed by atoms with Gasteiger partial charge in [0, 0.05) is 26.0 Å². The quantitative estimate of drug-likeness (QED) is 0.706. The van der Waals surface area contributed by atoms with Gasteiger partial charge in [-0.25, -0.2) is 9.97 Å². The number of hydrogen-bond acceptors (Lipinski definition) is 4. The van der Waals surface area contributed by atoms with E-state index in [1.165, 1.54) is 4.90 Å². The number of pyridine rings is 1. The van der Waals surface area contributed by atoms with Crippen LogP contribution in [-0.2, 0) is 17.5 Å². The van der Waals surface area contributed by atoms with E-state index < -0.39 is 11.7 Å². The Kier molecular flexibility index (Phi) is 5.25. The number of imidazole rings is 1. The SMILES string of the molecule is Cc1cc(C(F)(F)F)cc(C)c1Nc1ncc(C)c2c1ncn2CC(=O)N(C)C. The van der Waals surface area contributed by atoms with Gasteiger partial charge >= 0.3 is 6.18 Å². The number of halogens is 3. The van der Waals surface area contributed by atoms with Gasteiger partial charge in [0.1, 0.15) is 12.1 Å². The standard InChI is InChI=1S/C20H22F3N5O/c1-11-6-14(20(21,22)23)7-12(2)16(11)26-19-17-18(13(3)8-24-19)28(10-25-17)9-15(29)27(4)5/h6-8,10H,9H2,1-5H3,(H,24,26). The van der Waals surface area contributed by atoms with E-state index in [2.05, 4.69) is 15.3 Å². The number of rotatable bonds is 4. The Morgan fingerprint density at radius 2 is 1.72 bits per heavy atom. The van der Waals surface area contributed by atoms with Crippen LogP contribution in [0.2, 0.25) is 0 Å². The van der Waals surface area contributed by atoms with E-state index in [9.17, 15) is 18.0 Å². The first-order chi connectivity index (χ1) is 13.5. The summed E-state index contributed by atoms with van der Waals surface area (Å²) in [5.74, 6) is 0.345. The molecule has 2 heterocycles. The molecule has 29 heavy (non-hydrogen) atoms. The Labute approximate surface area is 166 Å². The maximum absolute atomic E-state index is 13.0. The maximum atomic E-state index is 13.0. The lowest BCUT2D eigenvalue weighted by atomic mass is 10.0. The van der Waals surface area contributed by atoms with Crippen molar-refractivity contribution in [3.8, 4) is 0 Å². The third kappa shape index (κ3) is 4.03. The number of hydrogen-bond donors (Lipinski definition) is 1. The van der Waals surface area contributed by atoms with Gasteiger partial charge in [-0.3, -0.25) is 4.79 Å². The number of likely N-dealkylation sites (N-methyl/N-ethyl adjacent to an activating group) is 1. The third-order valence-corrected chi connectivity index (χ3v) is 4.73. The molecule has 0 aliphatic carbocycles. The van der Waals surface area contributed by atoms with Gasteiger partial charge in [-0.05, 0) is 49.6 Å². The van der Waals surface area contributed by atoms with E-state index in [-0.39, 0.29) is 12.5 Å². The first-order valence-corrected chi connectivity index (χ1v) is 8.95. The summed E-state index contributed by atoms with van der Waals surface area (Å²) in [7, 11) is 3.36. The predicted octanol–water partition coefficient (Wildman–Crippen LogP) is 4.21. The molecule has 0 saturated heterocycles. The number of benzene rings is 1. The third-order valence-electron chi connectivity index (χ3n) is 4.73. The Morgan fingerprint density at radius 1 is 1.10 bits per heavy atom. The molecule has 3 rings (SSSR count). The molecule has 0 unspecified atom stereocenters. The molecule has 2 aromatic heterocycles. The minimum atomic E-state index is -4.40. The zero-order valence-corrected chi connectivity index (χ0v) is 16.8. The van der Waals surface area contributed by atoms with Gasteiger partial charge < -0.3 is 14.8 Å². The van der Waals surface area contributed by atoms with Crippen LogP contribution >= 0.6 is 0 Å². The molecular formula is C20H22F3N5O. The number of nitrogens with zero attached hydrogens (tertiary/aromatic N) is 4. The van der Waals surface area contributed by atoms with Gasteiger partial charge in [0.05, 0.1) is 17.4 Å². The Hall–Kier alpha value is -3.10. The Bertz CT molecular complexity index is 1060. The highest BCUT2D eigenvalue weighted by atomic mass is 19.4. The summed E-state index contributed by atoms with van der Waals surface area (Å²) in [6.07, 6.45) is -1.18. The minimum Gasteiger partial charge on any atom is -0.347 e. The summed E-state index contributed by atoms with van der Waals surface area (Å²) in [6, 6.07) is 2.21. The average molecular weight is 405 g/mol. The molecule has 0 atom stereocenters. The summed E-state index contributed by atoms with van der Waals surface area (Å²) in [6.45, 7) is 5.23. The summed E-state index contributed by atoms with van der Waals surface area (Å²) < 4.78 is 40.9. The lowest BCUT2D eigenvalue weighted by molar-refractivity contribution is -0.137. The van der Waals surface area contributed by atoms with Gasteiger partial charge in [0.2, 0.25) is 5.91 Å². The topological polar surface area (TPSA) is 63.1 Å². The number of amides is 1. The predicted molar refractivity (Wildman–Crippen MR) is 105 cm³/mol. The van der Waals surface area contributed by atoms with Crippen molar-refractivity contribution in [3.63, 3.8) is 0 Å². The van der Waals surface area contributed by atoms with Crippen LogP contribution in [0.1, 0.15) is 22.3 Å². The number of anilines is 2. The lowest BCUT2D eigenvalue weighted by Crippen LogP contribution is -2.26. The van der Waals surface area contributed by atoms with Crippen LogP contribution in [-0.4, -0.2) is 39.4 Å². The molecule has 1 N–H and O–H groups in total. The van der Waals surface area contributed by atoms with Crippen LogP contribution in [0, 0.1) is 20.8 Å². The molecule has 0 radical (unpaired) electrons. The molecule has 9 heteroatoms. The van der Waals surface area contributed by atoms with Crippen molar-refractivity contribution in [3.05, 3.63) is 46.9 Å². The zero-order chi connectivity index (χ0) is 21.5. The smallest absolute Gasteiger partial charge is 0.347 e. The second-order valence-corrected chi connectivity index (χ2v) is 7.26.